The molecule has 28 heavy (non-hydrogen) atoms. The van der Waals surface area contributed by atoms with Crippen LogP contribution < -0.4 is 10.6 Å². The van der Waals surface area contributed by atoms with Crippen LogP contribution in [0.4, 0.5) is 4.39 Å². The van der Waals surface area contributed by atoms with Crippen molar-refractivity contribution in [2.45, 2.75) is 38.8 Å². The van der Waals surface area contributed by atoms with Gasteiger partial charge in [-0.1, -0.05) is 0 Å². The Labute approximate surface area is 180 Å². The van der Waals surface area contributed by atoms with E-state index >= 15 is 0 Å². The third-order valence-electron chi connectivity index (χ3n) is 4.94. The van der Waals surface area contributed by atoms with E-state index in [0.717, 1.165) is 59.9 Å². The summed E-state index contributed by atoms with van der Waals surface area (Å²) in [6.45, 7) is 3.42. The number of nitrogens with one attached hydrogen (secondary N) is 3. The predicted octanol–water partition coefficient (Wildman–Crippen LogP) is 2.55. The van der Waals surface area contributed by atoms with Crippen molar-refractivity contribution in [3.8, 4) is 0 Å². The summed E-state index contributed by atoms with van der Waals surface area (Å²) in [6, 6.07) is 5.09. The van der Waals surface area contributed by atoms with Crippen LogP contribution >= 0.6 is 24.0 Å². The Morgan fingerprint density at radius 3 is 3.11 bits per heavy atom. The number of hydrogen-bond acceptors (Lipinski definition) is 3. The molecule has 0 aliphatic carbocycles. The van der Waals surface area contributed by atoms with Gasteiger partial charge in [0.1, 0.15) is 17.5 Å². The molecule has 2 aromatic heterocycles. The maximum Gasteiger partial charge on any atom is 0.191 e. The van der Waals surface area contributed by atoms with Crippen molar-refractivity contribution in [1.82, 2.24) is 30.4 Å². The fraction of sp³-hybridized carbons (Fsp3) is 0.421. The minimum absolute atomic E-state index is 0. The molecule has 0 saturated carbocycles. The Kier molecular flexibility index (Phi) is 6.53. The van der Waals surface area contributed by atoms with E-state index in [9.17, 15) is 4.39 Å². The first-order valence-electron chi connectivity index (χ1n) is 9.25. The van der Waals surface area contributed by atoms with Gasteiger partial charge in [0, 0.05) is 43.2 Å². The lowest BCUT2D eigenvalue weighted by Gasteiger charge is -2.25. The monoisotopic (exact) mass is 497 g/mol. The Morgan fingerprint density at radius 1 is 1.43 bits per heavy atom. The fourth-order valence-electron chi connectivity index (χ4n) is 3.61. The zero-order valence-electron chi connectivity index (χ0n) is 16.0. The van der Waals surface area contributed by atoms with E-state index in [2.05, 4.69) is 30.7 Å². The molecule has 150 valence electrons. The van der Waals surface area contributed by atoms with Gasteiger partial charge in [-0.05, 0) is 43.5 Å². The summed E-state index contributed by atoms with van der Waals surface area (Å²) < 4.78 is 15.5. The van der Waals surface area contributed by atoms with Crippen LogP contribution in [-0.2, 0) is 19.4 Å². The van der Waals surface area contributed by atoms with Gasteiger partial charge < -0.3 is 15.6 Å². The number of aryl methyl sites for hydroxylation is 2. The van der Waals surface area contributed by atoms with Crippen LogP contribution in [0.3, 0.4) is 0 Å². The van der Waals surface area contributed by atoms with Gasteiger partial charge in [0.15, 0.2) is 5.96 Å². The molecule has 0 fully saturated rings. The van der Waals surface area contributed by atoms with Gasteiger partial charge in [-0.15, -0.1) is 24.0 Å². The lowest BCUT2D eigenvalue weighted by Crippen LogP contribution is -2.47. The number of benzene rings is 1. The number of aromatic amines is 1. The molecule has 7 nitrogen and oxygen atoms in total. The first-order chi connectivity index (χ1) is 13.1. The quantitative estimate of drug-likeness (QED) is 0.294. The molecule has 0 radical (unpaired) electrons. The third kappa shape index (κ3) is 4.45. The van der Waals surface area contributed by atoms with Crippen LogP contribution in [0.2, 0.25) is 0 Å². The predicted molar refractivity (Wildman–Crippen MR) is 119 cm³/mol. The third-order valence-corrected chi connectivity index (χ3v) is 4.94. The largest absolute Gasteiger partial charge is 0.361 e. The molecule has 1 unspecified atom stereocenters. The Bertz CT molecular complexity index is 978. The first-order valence-corrected chi connectivity index (χ1v) is 9.25. The maximum atomic E-state index is 13.5. The molecule has 3 aromatic rings. The topological polar surface area (TPSA) is 82.9 Å². The summed E-state index contributed by atoms with van der Waals surface area (Å²) in [5.74, 6) is 2.43. The average Bonchev–Trinajstić information content (AvgIpc) is 3.22. The van der Waals surface area contributed by atoms with Crippen molar-refractivity contribution in [2.75, 3.05) is 13.6 Å². The number of nitrogens with zero attached hydrogens (tertiary/aromatic N) is 4. The smallest absolute Gasteiger partial charge is 0.191 e. The SMILES string of the molecule is CN=C(NCCc1c[nH]c2ccc(F)cc12)NC1CCc2nc(C)nn2C1.I. The molecular formula is C19H25FIN7. The molecule has 1 aliphatic rings. The normalized spacial score (nSPS) is 16.5. The van der Waals surface area contributed by atoms with Crippen molar-refractivity contribution in [1.29, 1.82) is 0 Å². The maximum absolute atomic E-state index is 13.5. The van der Waals surface area contributed by atoms with E-state index < -0.39 is 0 Å². The lowest BCUT2D eigenvalue weighted by molar-refractivity contribution is 0.392. The number of fused-ring (bicyclic) bond motifs is 2. The first kappa shape index (κ1) is 20.6. The highest BCUT2D eigenvalue weighted by molar-refractivity contribution is 14.0. The summed E-state index contributed by atoms with van der Waals surface area (Å²) in [5.41, 5.74) is 2.04. The summed E-state index contributed by atoms with van der Waals surface area (Å²) >= 11 is 0. The standard InChI is InChI=1S/C19H24FN7.HI/c1-12-24-18-6-4-15(11-27(18)26-12)25-19(21-2)22-8-7-13-10-23-17-5-3-14(20)9-16(13)17;/h3,5,9-10,15,23H,4,6-8,11H2,1-2H3,(H2,21,22,25);1H. The number of aliphatic imine (C=N–C) groups is 1. The molecule has 4 rings (SSSR count). The van der Waals surface area contributed by atoms with Crippen molar-refractivity contribution in [3.05, 3.63) is 47.4 Å². The Morgan fingerprint density at radius 2 is 2.29 bits per heavy atom. The molecule has 0 saturated heterocycles. The van der Waals surface area contributed by atoms with Gasteiger partial charge in [-0.25, -0.2) is 14.1 Å². The van der Waals surface area contributed by atoms with E-state index in [1.54, 1.807) is 19.2 Å². The van der Waals surface area contributed by atoms with E-state index in [4.69, 9.17) is 0 Å². The Balaban J connectivity index is 0.00000225. The highest BCUT2D eigenvalue weighted by Crippen LogP contribution is 2.19. The van der Waals surface area contributed by atoms with Crippen molar-refractivity contribution < 1.29 is 4.39 Å². The van der Waals surface area contributed by atoms with Gasteiger partial charge in [-0.2, -0.15) is 5.10 Å². The van der Waals surface area contributed by atoms with Gasteiger partial charge in [0.2, 0.25) is 0 Å². The number of hydrogen-bond donors (Lipinski definition) is 3. The number of H-pyrrole nitrogens is 1. The van der Waals surface area contributed by atoms with Crippen molar-refractivity contribution >= 4 is 40.8 Å². The molecule has 1 atom stereocenters. The highest BCUT2D eigenvalue weighted by atomic mass is 127. The molecule has 9 heteroatoms. The second-order valence-corrected chi connectivity index (χ2v) is 6.89. The lowest BCUT2D eigenvalue weighted by atomic mass is 10.1. The summed E-state index contributed by atoms with van der Waals surface area (Å²) in [4.78, 5) is 12.0. The summed E-state index contributed by atoms with van der Waals surface area (Å²) in [5, 5.41) is 12.2. The number of halogens is 2. The molecule has 1 aliphatic heterocycles. The summed E-state index contributed by atoms with van der Waals surface area (Å²) in [7, 11) is 1.77. The van der Waals surface area contributed by atoms with Gasteiger partial charge in [0.25, 0.3) is 0 Å². The van der Waals surface area contributed by atoms with Crippen LogP contribution in [0, 0.1) is 12.7 Å². The fourth-order valence-corrected chi connectivity index (χ4v) is 3.61. The Hall–Kier alpha value is -2.17. The minimum atomic E-state index is -0.214. The average molecular weight is 497 g/mol. The van der Waals surface area contributed by atoms with E-state index in [1.807, 2.05) is 17.8 Å². The van der Waals surface area contributed by atoms with E-state index in [-0.39, 0.29) is 35.8 Å². The van der Waals surface area contributed by atoms with Crippen LogP contribution in [0.15, 0.2) is 29.4 Å². The zero-order valence-corrected chi connectivity index (χ0v) is 18.3. The molecule has 0 spiro atoms. The van der Waals surface area contributed by atoms with Crippen LogP contribution in [0.25, 0.3) is 10.9 Å². The summed E-state index contributed by atoms with van der Waals surface area (Å²) in [6.07, 6.45) is 4.63. The van der Waals surface area contributed by atoms with Gasteiger partial charge in [-0.3, -0.25) is 4.99 Å². The molecule has 0 amide bonds. The van der Waals surface area contributed by atoms with Gasteiger partial charge >= 0.3 is 0 Å². The van der Waals surface area contributed by atoms with Crippen LogP contribution in [-0.4, -0.2) is 45.3 Å². The molecular weight excluding hydrogens is 472 g/mol. The number of aromatic nitrogens is 4. The second kappa shape index (κ2) is 8.89. The highest BCUT2D eigenvalue weighted by Gasteiger charge is 2.21. The molecule has 3 N–H and O–H groups in total. The zero-order chi connectivity index (χ0) is 18.8. The van der Waals surface area contributed by atoms with Crippen LogP contribution in [0.5, 0.6) is 0 Å². The van der Waals surface area contributed by atoms with Gasteiger partial charge in [0.05, 0.1) is 6.54 Å². The minimum Gasteiger partial charge on any atom is -0.361 e. The van der Waals surface area contributed by atoms with Crippen molar-refractivity contribution in [3.63, 3.8) is 0 Å². The molecule has 0 bridgehead atoms. The van der Waals surface area contributed by atoms with Crippen LogP contribution in [0.1, 0.15) is 23.6 Å². The van der Waals surface area contributed by atoms with Crippen molar-refractivity contribution in [2.24, 2.45) is 4.99 Å². The second-order valence-electron chi connectivity index (χ2n) is 6.89. The number of rotatable bonds is 4. The molecule has 3 heterocycles. The number of guanidine groups is 1. The van der Waals surface area contributed by atoms with E-state index in [0.29, 0.717) is 6.54 Å². The van der Waals surface area contributed by atoms with E-state index in [1.165, 1.54) is 6.07 Å². The molecule has 1 aromatic carbocycles.